The Kier molecular flexibility index (Phi) is 12.2. The molecule has 45 heavy (non-hydrogen) atoms. The van der Waals surface area contributed by atoms with E-state index in [0.717, 1.165) is 18.3 Å². The molecular weight excluding hydrogens is 813 g/mol. The number of benzene rings is 3. The van der Waals surface area contributed by atoms with Crippen molar-refractivity contribution in [3.05, 3.63) is 95.5 Å². The number of methoxy groups -OCH3 is 1. The lowest BCUT2D eigenvalue weighted by Crippen LogP contribution is -2.45. The third-order valence-corrected chi connectivity index (χ3v) is 8.03. The van der Waals surface area contributed by atoms with Crippen molar-refractivity contribution in [1.29, 1.82) is 0 Å². The minimum absolute atomic E-state index is 0.154. The number of carbonyl (C=O) groups is 2. The number of urea groups is 1. The topological polar surface area (TPSA) is 140 Å². The van der Waals surface area contributed by atoms with Crippen LogP contribution in [0.25, 0.3) is 0 Å². The van der Waals surface area contributed by atoms with Crippen LogP contribution in [0.5, 0.6) is 17.2 Å². The zero-order valence-electron chi connectivity index (χ0n) is 24.5. The molecule has 0 spiro atoms. The summed E-state index contributed by atoms with van der Waals surface area (Å²) in [5, 5.41) is 19.9. The molecule has 3 aromatic rings. The molecule has 2 amide bonds. The van der Waals surface area contributed by atoms with Crippen molar-refractivity contribution in [2.24, 2.45) is 5.10 Å². The molecule has 0 unspecified atom stereocenters. The molecule has 238 valence electrons. The highest BCUT2D eigenvalue weighted by Crippen LogP contribution is 2.35. The van der Waals surface area contributed by atoms with Crippen molar-refractivity contribution >= 4 is 63.4 Å². The molecule has 0 bridgehead atoms. The average Bonchev–Trinajstić information content (AvgIpc) is 3.00. The smallest absolute Gasteiger partial charge is 0.337 e. The molecule has 0 aromatic heterocycles. The molecule has 0 radical (unpaired) electrons. The summed E-state index contributed by atoms with van der Waals surface area (Å²) >= 11 is 4.35. The maximum absolute atomic E-state index is 13.2. The van der Waals surface area contributed by atoms with Gasteiger partial charge >= 0.3 is 12.0 Å². The number of allylic oxidation sites excluding steroid dienone is 1. The number of aliphatic hydroxyl groups is 1. The molecule has 14 heteroatoms. The Bertz CT molecular complexity index is 1580. The van der Waals surface area contributed by atoms with E-state index in [9.17, 15) is 19.1 Å². The Morgan fingerprint density at radius 2 is 1.80 bits per heavy atom. The van der Waals surface area contributed by atoms with E-state index >= 15 is 0 Å². The third-order valence-electron chi connectivity index (χ3n) is 6.43. The molecule has 1 aliphatic heterocycles. The second-order valence-electron chi connectivity index (χ2n) is 9.64. The molecule has 3 aromatic carbocycles. The molecule has 4 N–H and O–H groups in total. The van der Waals surface area contributed by atoms with Gasteiger partial charge in [-0.2, -0.15) is 5.10 Å². The van der Waals surface area contributed by atoms with Gasteiger partial charge in [0.15, 0.2) is 17.7 Å². The first kappa shape index (κ1) is 34.2. The molecule has 1 aliphatic rings. The summed E-state index contributed by atoms with van der Waals surface area (Å²) in [5.74, 6) is 0.562. The highest BCUT2D eigenvalue weighted by molar-refractivity contribution is 14.1. The van der Waals surface area contributed by atoms with Gasteiger partial charge in [0.1, 0.15) is 24.8 Å². The zero-order chi connectivity index (χ0) is 32.5. The molecule has 0 fully saturated rings. The summed E-state index contributed by atoms with van der Waals surface area (Å²) in [6.07, 6.45) is 0.423. The van der Waals surface area contributed by atoms with Crippen molar-refractivity contribution in [3.63, 3.8) is 0 Å². The van der Waals surface area contributed by atoms with Crippen LogP contribution in [0.2, 0.25) is 0 Å². The summed E-state index contributed by atoms with van der Waals surface area (Å²) in [4.78, 5) is 24.6. The summed E-state index contributed by atoms with van der Waals surface area (Å²) in [6.45, 7) is 3.92. The number of hydrazone groups is 1. The molecule has 0 aliphatic carbocycles. The lowest BCUT2D eigenvalue weighted by molar-refractivity contribution is -0.136. The summed E-state index contributed by atoms with van der Waals surface area (Å²) in [5.41, 5.74) is 5.51. The first-order valence-corrected chi connectivity index (χ1v) is 15.8. The number of hydrogen-bond acceptors (Lipinski definition) is 9. The fraction of sp³-hybridized carbons (Fsp3) is 0.258. The summed E-state index contributed by atoms with van der Waals surface area (Å²) in [7, 11) is 1.27. The van der Waals surface area contributed by atoms with E-state index in [1.54, 1.807) is 43.5 Å². The molecule has 0 saturated carbocycles. The number of ether oxygens (including phenoxy) is 4. The minimum atomic E-state index is -1.15. The fourth-order valence-corrected chi connectivity index (χ4v) is 6.48. The SMILES string of the molecule is CCOc1cc([C@@H]2NC(=O)NC(C)=C2C(=O)OC)ccc1OC[C@@H](O)N/N=C\c1cc(I)c(OCc2ccc(F)cc2)c(I)c1. The Balaban J connectivity index is 1.37. The van der Waals surface area contributed by atoms with Crippen molar-refractivity contribution in [2.75, 3.05) is 20.3 Å². The predicted octanol–water partition coefficient (Wildman–Crippen LogP) is 5.13. The van der Waals surface area contributed by atoms with E-state index in [0.29, 0.717) is 41.7 Å². The standard InChI is InChI=1S/C31H31FI2N4O7/c1-4-43-25-13-20(28-27(30(40)42-3)17(2)36-31(41)37-28)7-10-24(25)44-16-26(39)38-35-14-19-11-22(33)29(23(34)12-19)45-15-18-5-8-21(32)9-6-18/h5-14,26,28,38-39H,4,15-16H2,1-3H3,(H2,36,37,41)/b35-14-/t26-,28+/m1/s1. The van der Waals surface area contributed by atoms with E-state index in [1.165, 1.54) is 19.2 Å². The number of carbonyl (C=O) groups excluding carboxylic acids is 2. The quantitative estimate of drug-likeness (QED) is 0.0611. The number of rotatable bonds is 13. The largest absolute Gasteiger partial charge is 0.490 e. The van der Waals surface area contributed by atoms with Gasteiger partial charge in [-0.15, -0.1) is 0 Å². The number of aliphatic hydroxyl groups excluding tert-OH is 1. The molecule has 11 nitrogen and oxygen atoms in total. The molecular formula is C31H31FI2N4O7. The van der Waals surface area contributed by atoms with Crippen molar-refractivity contribution in [3.8, 4) is 17.2 Å². The van der Waals surface area contributed by atoms with Crippen LogP contribution in [0.4, 0.5) is 9.18 Å². The Morgan fingerprint density at radius 3 is 2.47 bits per heavy atom. The van der Waals surface area contributed by atoms with E-state index in [1.807, 2.05) is 19.1 Å². The highest BCUT2D eigenvalue weighted by atomic mass is 127. The van der Waals surface area contributed by atoms with Gasteiger partial charge in [-0.05, 0) is 112 Å². The molecule has 1 heterocycles. The summed E-state index contributed by atoms with van der Waals surface area (Å²) in [6, 6.07) is 13.7. The van der Waals surface area contributed by atoms with Crippen molar-refractivity contribution in [2.45, 2.75) is 32.7 Å². The number of nitrogens with zero attached hydrogens (tertiary/aromatic N) is 1. The van der Waals surface area contributed by atoms with Crippen LogP contribution in [0.3, 0.4) is 0 Å². The maximum Gasteiger partial charge on any atom is 0.337 e. The highest BCUT2D eigenvalue weighted by Gasteiger charge is 2.32. The van der Waals surface area contributed by atoms with Gasteiger partial charge < -0.3 is 34.7 Å². The number of halogens is 3. The van der Waals surface area contributed by atoms with Gasteiger partial charge in [-0.3, -0.25) is 5.43 Å². The fourth-order valence-electron chi connectivity index (χ4n) is 4.35. The first-order chi connectivity index (χ1) is 21.6. The van der Waals surface area contributed by atoms with E-state index in [2.05, 4.69) is 66.3 Å². The van der Waals surface area contributed by atoms with Crippen LogP contribution in [-0.2, 0) is 16.1 Å². The van der Waals surface area contributed by atoms with E-state index < -0.39 is 24.3 Å². The number of nitrogens with one attached hydrogen (secondary N) is 3. The van der Waals surface area contributed by atoms with Gasteiger partial charge in [0.05, 0.1) is 38.7 Å². The maximum atomic E-state index is 13.2. The van der Waals surface area contributed by atoms with E-state index in [4.69, 9.17) is 18.9 Å². The first-order valence-electron chi connectivity index (χ1n) is 13.7. The van der Waals surface area contributed by atoms with Crippen molar-refractivity contribution < 1.29 is 38.0 Å². The normalized spacial score (nSPS) is 15.3. The van der Waals surface area contributed by atoms with Crippen LogP contribution in [0, 0.1) is 13.0 Å². The molecule has 0 saturated heterocycles. The van der Waals surface area contributed by atoms with Gasteiger partial charge in [-0.25, -0.2) is 14.0 Å². The van der Waals surface area contributed by atoms with Gasteiger partial charge in [0.2, 0.25) is 0 Å². The number of amides is 2. The zero-order valence-corrected chi connectivity index (χ0v) is 28.8. The van der Waals surface area contributed by atoms with Crippen LogP contribution in [0.1, 0.15) is 36.6 Å². The van der Waals surface area contributed by atoms with Crippen molar-refractivity contribution in [1.82, 2.24) is 16.1 Å². The predicted molar refractivity (Wildman–Crippen MR) is 182 cm³/mol. The average molecular weight is 844 g/mol. The van der Waals surface area contributed by atoms with Crippen LogP contribution < -0.4 is 30.3 Å². The molecule has 4 rings (SSSR count). The van der Waals surface area contributed by atoms with Gasteiger partial charge in [-0.1, -0.05) is 18.2 Å². The lowest BCUT2D eigenvalue weighted by Gasteiger charge is -2.28. The third kappa shape index (κ3) is 9.20. The van der Waals surface area contributed by atoms with Gasteiger partial charge in [0.25, 0.3) is 0 Å². The monoisotopic (exact) mass is 844 g/mol. The van der Waals surface area contributed by atoms with Crippen LogP contribution in [0.15, 0.2) is 71.0 Å². The Morgan fingerprint density at radius 1 is 1.09 bits per heavy atom. The Hall–Kier alpha value is -3.64. The minimum Gasteiger partial charge on any atom is -0.490 e. The lowest BCUT2D eigenvalue weighted by atomic mass is 9.95. The van der Waals surface area contributed by atoms with Crippen LogP contribution >= 0.6 is 45.2 Å². The summed E-state index contributed by atoms with van der Waals surface area (Å²) < 4.78 is 37.3. The number of hydrogen-bond donors (Lipinski definition) is 4. The van der Waals surface area contributed by atoms with Gasteiger partial charge in [0, 0.05) is 5.70 Å². The molecule has 2 atom stereocenters. The number of esters is 1. The van der Waals surface area contributed by atoms with E-state index in [-0.39, 0.29) is 18.0 Å². The second kappa shape index (κ2) is 16.1. The van der Waals surface area contributed by atoms with Crippen LogP contribution in [-0.4, -0.2) is 49.9 Å². The Labute approximate surface area is 286 Å². The second-order valence-corrected chi connectivity index (χ2v) is 12.0.